The van der Waals surface area contributed by atoms with Crippen LogP contribution in [0, 0.1) is 0 Å². The molecule has 1 N–H and O–H groups in total. The molecule has 144 heavy (non-hydrogen) atoms. The summed E-state index contributed by atoms with van der Waals surface area (Å²) in [6.07, 6.45) is -43.6. The van der Waals surface area contributed by atoms with Gasteiger partial charge in [0.2, 0.25) is 0 Å². The largest absolute Gasteiger partial charge is 0.459 e. The average Bonchev–Trinajstić information content (AvgIpc) is 0.761. The van der Waals surface area contributed by atoms with Gasteiger partial charge in [-0.3, -0.25) is 4.79 Å². The zero-order valence-electron chi connectivity index (χ0n) is 76.4. The fraction of sp³-hybridized carbons (Fsp3) is 0.227. The van der Waals surface area contributed by atoms with Gasteiger partial charge in [0.25, 0.3) is 0 Å². The number of aliphatic hydroxyl groups is 1. The first-order valence-corrected chi connectivity index (χ1v) is 45.5. The van der Waals surface area contributed by atoms with Crippen LogP contribution in [0.15, 0.2) is 364 Å². The lowest BCUT2D eigenvalue weighted by Gasteiger charge is -2.49. The van der Waals surface area contributed by atoms with E-state index in [1.807, 2.05) is 0 Å². The number of rotatable bonds is 35. The molecule has 4 heterocycles. The molecule has 4 saturated heterocycles. The molecular formula is C110H92O34. The lowest BCUT2D eigenvalue weighted by molar-refractivity contribution is -0.371. The third-order valence-electron chi connectivity index (χ3n) is 23.1. The molecule has 0 amide bonds. The van der Waals surface area contributed by atoms with E-state index >= 15 is 28.8 Å². The molecule has 20 atom stereocenters. The Morgan fingerprint density at radius 1 is 0.194 bits per heavy atom. The summed E-state index contributed by atoms with van der Waals surface area (Å²) in [6, 6.07) is 88.5. The standard InChI is InChI=1S/C110H92O34/c1-66(111)129-94-90(141-104(121)76-56-32-11-33-57-76)85(136-99(116)71-46-22-6-23-47-71)81(63-126-96(113)68-40-16-3-17-41-68)133-110(94)144-93-89(140-103(120)75-54-30-10-31-55-75)84(135-98(115)70-44-20-5-21-45-70)80(62-125-95(112)67-38-14-2-15-39-67)131-109(93)128-65-82-86(137-100(117)72-48-24-7-25-49-72)88(139-102(119)74-52-28-9-29-53-74)92(143-106(123)78-60-36-13-37-61-78)108(132-82)127-64-79-83(134-97(114)69-42-18-4-19-43-69)87(138-101(118)73-50-26-8-27-51-73)91(107(124)130-79)142-105(122)77-58-34-12-35-59-77/h2-61,79-94,107-110,124H,62-65H2,1H3/t79-,80-,81-,82-,83-,84-,85-,86-,87+,88+,89+,90+,91+,92+,93+,94+,107+,108+,109+,110-/m1/s1. The van der Waals surface area contributed by atoms with Crippen molar-refractivity contribution in [2.75, 3.05) is 26.4 Å². The summed E-state index contributed by atoms with van der Waals surface area (Å²) in [5.74, 6) is -14.7. The van der Waals surface area contributed by atoms with Crippen LogP contribution in [0.2, 0.25) is 0 Å². The molecule has 4 fully saturated rings. The van der Waals surface area contributed by atoms with Crippen LogP contribution < -0.4 is 0 Å². The van der Waals surface area contributed by atoms with Gasteiger partial charge in [0, 0.05) is 6.92 Å². The highest BCUT2D eigenvalue weighted by molar-refractivity contribution is 5.96. The topological polar surface area (TPSA) is 427 Å². The van der Waals surface area contributed by atoms with Gasteiger partial charge in [-0.05, 0) is 146 Å². The third-order valence-corrected chi connectivity index (χ3v) is 23.1. The molecule has 34 nitrogen and oxygen atoms in total. The van der Waals surface area contributed by atoms with Gasteiger partial charge in [-0.25, -0.2) is 57.5 Å². The normalized spacial score (nSPS) is 23.7. The van der Waals surface area contributed by atoms with Crippen molar-refractivity contribution in [3.8, 4) is 0 Å². The van der Waals surface area contributed by atoms with Gasteiger partial charge in [0.05, 0.1) is 80.0 Å². The second kappa shape index (κ2) is 48.5. The first kappa shape index (κ1) is 100. The van der Waals surface area contributed by atoms with Crippen molar-refractivity contribution < 1.29 is 162 Å². The van der Waals surface area contributed by atoms with Crippen molar-refractivity contribution in [1.29, 1.82) is 0 Å². The summed E-state index contributed by atoms with van der Waals surface area (Å²) in [5, 5.41) is 12.5. The number of ether oxygens (including phenoxy) is 20. The molecule has 34 heteroatoms. The zero-order valence-corrected chi connectivity index (χ0v) is 76.4. The summed E-state index contributed by atoms with van der Waals surface area (Å²) in [6.45, 7) is -3.27. The Kier molecular flexibility index (Phi) is 33.8. The minimum absolute atomic E-state index is 0.00289. The molecule has 4 aliphatic rings. The van der Waals surface area contributed by atoms with E-state index in [9.17, 15) is 38.7 Å². The maximum Gasteiger partial charge on any atom is 0.338 e. The molecule has 0 aliphatic carbocycles. The molecule has 16 rings (SSSR count). The molecule has 0 saturated carbocycles. The van der Waals surface area contributed by atoms with E-state index in [0.717, 1.165) is 6.92 Å². The lowest BCUT2D eigenvalue weighted by Crippen LogP contribution is -2.68. The monoisotopic (exact) mass is 1960 g/mol. The highest BCUT2D eigenvalue weighted by atomic mass is 16.8. The van der Waals surface area contributed by atoms with Gasteiger partial charge >= 0.3 is 77.6 Å². The highest BCUT2D eigenvalue weighted by Gasteiger charge is 2.61. The Balaban J connectivity index is 0.870. The van der Waals surface area contributed by atoms with E-state index in [2.05, 4.69) is 0 Å². The lowest BCUT2D eigenvalue weighted by atomic mass is 9.95. The molecule has 4 aliphatic heterocycles. The predicted octanol–water partition coefficient (Wildman–Crippen LogP) is 13.2. The number of hydrogen-bond acceptors (Lipinski definition) is 34. The van der Waals surface area contributed by atoms with E-state index in [0.29, 0.717) is 0 Å². The Morgan fingerprint density at radius 3 is 0.611 bits per heavy atom. The van der Waals surface area contributed by atoms with Crippen LogP contribution in [-0.4, -0.2) is 232 Å². The predicted molar refractivity (Wildman–Crippen MR) is 499 cm³/mol. The van der Waals surface area contributed by atoms with E-state index in [-0.39, 0.29) is 66.8 Å². The Labute approximate surface area is 822 Å². The fourth-order valence-corrected chi connectivity index (χ4v) is 16.1. The van der Waals surface area contributed by atoms with Crippen LogP contribution >= 0.6 is 0 Å². The minimum Gasteiger partial charge on any atom is -0.459 e. The van der Waals surface area contributed by atoms with Gasteiger partial charge < -0.3 is 99.8 Å². The van der Waals surface area contributed by atoms with E-state index < -0.39 is 227 Å². The van der Waals surface area contributed by atoms with Crippen molar-refractivity contribution >= 4 is 77.6 Å². The Morgan fingerprint density at radius 2 is 0.368 bits per heavy atom. The summed E-state index contributed by atoms with van der Waals surface area (Å²) < 4.78 is 131. The van der Waals surface area contributed by atoms with Crippen molar-refractivity contribution in [3.05, 3.63) is 431 Å². The minimum atomic E-state index is -2.41. The first-order valence-electron chi connectivity index (χ1n) is 45.5. The van der Waals surface area contributed by atoms with Crippen LogP contribution in [0.25, 0.3) is 0 Å². The maximum absolute atomic E-state index is 15.6. The molecule has 0 spiro atoms. The van der Waals surface area contributed by atoms with Crippen LogP contribution in [0.5, 0.6) is 0 Å². The molecule has 736 valence electrons. The van der Waals surface area contributed by atoms with Gasteiger partial charge in [0.15, 0.2) is 98.4 Å². The third kappa shape index (κ3) is 25.6. The van der Waals surface area contributed by atoms with Gasteiger partial charge in [-0.15, -0.1) is 0 Å². The number of hydrogen-bond donors (Lipinski definition) is 1. The highest BCUT2D eigenvalue weighted by Crippen LogP contribution is 2.41. The van der Waals surface area contributed by atoms with Crippen LogP contribution in [-0.2, 0) is 99.5 Å². The average molecular weight is 1960 g/mol. The van der Waals surface area contributed by atoms with Crippen molar-refractivity contribution in [3.63, 3.8) is 0 Å². The Bertz CT molecular complexity index is 6370. The van der Waals surface area contributed by atoms with Gasteiger partial charge in [-0.1, -0.05) is 218 Å². The summed E-state index contributed by atoms with van der Waals surface area (Å²) in [5.41, 5.74) is -1.27. The molecule has 0 radical (unpaired) electrons. The summed E-state index contributed by atoms with van der Waals surface area (Å²) in [7, 11) is 0. The van der Waals surface area contributed by atoms with E-state index in [1.165, 1.54) is 279 Å². The van der Waals surface area contributed by atoms with Crippen molar-refractivity contribution in [2.24, 2.45) is 0 Å². The Hall–Kier alpha value is -16.6. The molecule has 0 unspecified atom stereocenters. The summed E-state index contributed by atoms with van der Waals surface area (Å²) >= 11 is 0. The maximum atomic E-state index is 15.6. The van der Waals surface area contributed by atoms with E-state index in [4.69, 9.17) is 94.7 Å². The quantitative estimate of drug-likeness (QED) is 0.0285. The van der Waals surface area contributed by atoms with Crippen LogP contribution in [0.3, 0.4) is 0 Å². The van der Waals surface area contributed by atoms with Crippen LogP contribution in [0.4, 0.5) is 0 Å². The molecule has 0 aromatic heterocycles. The fourth-order valence-electron chi connectivity index (χ4n) is 16.1. The van der Waals surface area contributed by atoms with Gasteiger partial charge in [0.1, 0.15) is 37.6 Å². The zero-order chi connectivity index (χ0) is 100. The first-order chi connectivity index (χ1) is 70.1. The molecule has 12 aromatic carbocycles. The molecule has 0 bridgehead atoms. The number of esters is 13. The molecule has 12 aromatic rings. The summed E-state index contributed by atoms with van der Waals surface area (Å²) in [4.78, 5) is 194. The van der Waals surface area contributed by atoms with Crippen molar-refractivity contribution in [2.45, 2.75) is 130 Å². The SMILES string of the molecule is CC(=O)O[C@@H]1[C@@H](O[C@@H]2[C@@H](OC[C@H]3O[C@H](OC[C@H]4O[C@H](O)[C@@H](OC(=O)c5ccccc5)[C@@H](OC(=O)c5ccccc5)[C@@H]4OC(=O)c4ccccc4)[C@@H](OC(=O)c4ccccc4)[C@@H](OC(=O)c4ccccc4)[C@@H]3OC(=O)c3ccccc3)O[C@H](COC(=O)c3ccccc3)[C@@H](OC(=O)c3ccccc3)[C@@H]2OC(=O)c2ccccc2)O[C@H](COC(=O)c2ccccc2)[C@@H](OC(=O)c2ccccc2)[C@@H]1OC(=O)c1ccccc1. The van der Waals surface area contributed by atoms with Crippen LogP contribution in [0.1, 0.15) is 131 Å². The van der Waals surface area contributed by atoms with Gasteiger partial charge in [-0.2, -0.15) is 0 Å². The second-order valence-electron chi connectivity index (χ2n) is 32.8. The van der Waals surface area contributed by atoms with Crippen molar-refractivity contribution in [1.82, 2.24) is 0 Å². The number of aliphatic hydroxyl groups excluding tert-OH is 1. The molecular weight excluding hydrogens is 1870 g/mol. The second-order valence-corrected chi connectivity index (χ2v) is 32.8. The number of carbonyl (C=O) groups excluding carboxylic acids is 13. The smallest absolute Gasteiger partial charge is 0.338 e. The van der Waals surface area contributed by atoms with E-state index in [1.54, 1.807) is 84.9 Å². The number of carbonyl (C=O) groups is 13. The number of benzene rings is 12.